The zero-order valence-electron chi connectivity index (χ0n) is 9.10. The van der Waals surface area contributed by atoms with Crippen molar-refractivity contribution in [1.29, 1.82) is 0 Å². The Morgan fingerprint density at radius 1 is 1.60 bits per heavy atom. The minimum atomic E-state index is -0.299. The molecular weight excluding hydrogens is 212 g/mol. The van der Waals surface area contributed by atoms with Gasteiger partial charge in [0, 0.05) is 18.5 Å². The first-order valence-corrected chi connectivity index (χ1v) is 6.20. The normalized spacial score (nSPS) is 10.3. The summed E-state index contributed by atoms with van der Waals surface area (Å²) in [5.41, 5.74) is 0.526. The van der Waals surface area contributed by atoms with Crippen LogP contribution in [-0.2, 0) is 11.3 Å². The molecule has 0 fully saturated rings. The quantitative estimate of drug-likeness (QED) is 0.550. The van der Waals surface area contributed by atoms with E-state index in [1.165, 1.54) is 0 Å². The number of nitrogens with zero attached hydrogens (tertiary/aromatic N) is 2. The van der Waals surface area contributed by atoms with Gasteiger partial charge < -0.3 is 4.74 Å². The highest BCUT2D eigenvalue weighted by Gasteiger charge is 2.08. The number of ether oxygens (including phenoxy) is 1. The van der Waals surface area contributed by atoms with Crippen LogP contribution in [0.1, 0.15) is 24.2 Å². The molecule has 84 valence electrons. The molecule has 1 aromatic heterocycles. The van der Waals surface area contributed by atoms with Crippen LogP contribution in [0.15, 0.2) is 12.4 Å². The van der Waals surface area contributed by atoms with E-state index in [4.69, 9.17) is 4.74 Å². The lowest BCUT2D eigenvalue weighted by Gasteiger charge is -1.99. The summed E-state index contributed by atoms with van der Waals surface area (Å²) in [5, 5.41) is 4.09. The van der Waals surface area contributed by atoms with E-state index < -0.39 is 0 Å². The van der Waals surface area contributed by atoms with Crippen molar-refractivity contribution in [1.82, 2.24) is 9.78 Å². The van der Waals surface area contributed by atoms with Gasteiger partial charge in [0.1, 0.15) is 0 Å². The van der Waals surface area contributed by atoms with Crippen molar-refractivity contribution in [2.45, 2.75) is 20.4 Å². The second-order valence-electron chi connectivity index (χ2n) is 2.91. The number of esters is 1. The average molecular weight is 228 g/mol. The predicted octanol–water partition coefficient (Wildman–Crippen LogP) is 1.81. The molecule has 0 bridgehead atoms. The van der Waals surface area contributed by atoms with Crippen LogP contribution in [0.4, 0.5) is 0 Å². The van der Waals surface area contributed by atoms with E-state index in [0.717, 1.165) is 18.1 Å². The summed E-state index contributed by atoms with van der Waals surface area (Å²) in [6, 6.07) is 0. The van der Waals surface area contributed by atoms with E-state index in [1.54, 1.807) is 24.0 Å². The van der Waals surface area contributed by atoms with Crippen LogP contribution in [0, 0.1) is 0 Å². The van der Waals surface area contributed by atoms with E-state index in [1.807, 2.05) is 11.8 Å². The van der Waals surface area contributed by atoms with Crippen molar-refractivity contribution in [3.63, 3.8) is 0 Å². The van der Waals surface area contributed by atoms with Gasteiger partial charge in [0.05, 0.1) is 18.4 Å². The maximum Gasteiger partial charge on any atom is 0.341 e. The molecule has 0 aliphatic carbocycles. The van der Waals surface area contributed by atoms with Crippen molar-refractivity contribution < 1.29 is 9.53 Å². The topological polar surface area (TPSA) is 44.1 Å². The lowest BCUT2D eigenvalue weighted by molar-refractivity contribution is 0.0526. The molecule has 0 radical (unpaired) electrons. The third-order valence-electron chi connectivity index (χ3n) is 1.81. The Balaban J connectivity index is 2.45. The molecular formula is C10H16N2O2S. The third-order valence-corrected chi connectivity index (χ3v) is 2.69. The summed E-state index contributed by atoms with van der Waals surface area (Å²) in [4.78, 5) is 11.3. The Hall–Kier alpha value is -0.970. The van der Waals surface area contributed by atoms with Gasteiger partial charge in [0.15, 0.2) is 0 Å². The highest BCUT2D eigenvalue weighted by Crippen LogP contribution is 2.03. The van der Waals surface area contributed by atoms with Crippen molar-refractivity contribution in [2.75, 3.05) is 18.1 Å². The van der Waals surface area contributed by atoms with Gasteiger partial charge in [-0.15, -0.1) is 0 Å². The number of carbonyl (C=O) groups is 1. The Labute approximate surface area is 94.0 Å². The SMILES string of the molecule is CCOC(=O)c1cnn(CCSCC)c1. The monoisotopic (exact) mass is 228 g/mol. The van der Waals surface area contributed by atoms with E-state index >= 15 is 0 Å². The van der Waals surface area contributed by atoms with Gasteiger partial charge in [-0.3, -0.25) is 4.68 Å². The Morgan fingerprint density at radius 3 is 3.07 bits per heavy atom. The van der Waals surface area contributed by atoms with Crippen molar-refractivity contribution >= 4 is 17.7 Å². The van der Waals surface area contributed by atoms with Crippen molar-refractivity contribution in [3.8, 4) is 0 Å². The molecule has 15 heavy (non-hydrogen) atoms. The molecule has 0 N–H and O–H groups in total. The highest BCUT2D eigenvalue weighted by atomic mass is 32.2. The minimum absolute atomic E-state index is 0.299. The summed E-state index contributed by atoms with van der Waals surface area (Å²) in [6.07, 6.45) is 3.28. The van der Waals surface area contributed by atoms with Crippen LogP contribution >= 0.6 is 11.8 Å². The fourth-order valence-electron chi connectivity index (χ4n) is 1.11. The maximum atomic E-state index is 11.3. The van der Waals surface area contributed by atoms with E-state index in [-0.39, 0.29) is 5.97 Å². The van der Waals surface area contributed by atoms with Crippen LogP contribution in [0.2, 0.25) is 0 Å². The third kappa shape index (κ3) is 3.95. The number of rotatable bonds is 6. The fraction of sp³-hybridized carbons (Fsp3) is 0.600. The molecule has 0 saturated carbocycles. The molecule has 0 atom stereocenters. The lowest BCUT2D eigenvalue weighted by atomic mass is 10.4. The first-order chi connectivity index (χ1) is 7.27. The number of hydrogen-bond donors (Lipinski definition) is 0. The molecule has 4 nitrogen and oxygen atoms in total. The van der Waals surface area contributed by atoms with Gasteiger partial charge in [0.25, 0.3) is 0 Å². The molecule has 5 heteroatoms. The second kappa shape index (κ2) is 6.50. The molecule has 0 aliphatic rings. The molecule has 0 amide bonds. The van der Waals surface area contributed by atoms with Gasteiger partial charge in [-0.25, -0.2) is 4.79 Å². The Bertz CT molecular complexity index is 312. The molecule has 1 heterocycles. The van der Waals surface area contributed by atoms with Crippen LogP contribution in [0.5, 0.6) is 0 Å². The summed E-state index contributed by atoms with van der Waals surface area (Å²) in [5.74, 6) is 1.82. The smallest absolute Gasteiger partial charge is 0.341 e. The summed E-state index contributed by atoms with van der Waals surface area (Å²) in [7, 11) is 0. The van der Waals surface area contributed by atoms with Crippen LogP contribution in [-0.4, -0.2) is 33.9 Å². The van der Waals surface area contributed by atoms with E-state index in [2.05, 4.69) is 12.0 Å². The van der Waals surface area contributed by atoms with Crippen molar-refractivity contribution in [2.24, 2.45) is 0 Å². The number of thioether (sulfide) groups is 1. The van der Waals surface area contributed by atoms with Gasteiger partial charge >= 0.3 is 5.97 Å². The fourth-order valence-corrected chi connectivity index (χ4v) is 1.71. The minimum Gasteiger partial charge on any atom is -0.462 e. The van der Waals surface area contributed by atoms with Gasteiger partial charge in [-0.05, 0) is 12.7 Å². The van der Waals surface area contributed by atoms with E-state index in [0.29, 0.717) is 12.2 Å². The van der Waals surface area contributed by atoms with Crippen LogP contribution in [0.3, 0.4) is 0 Å². The first-order valence-electron chi connectivity index (χ1n) is 5.05. The number of aromatic nitrogens is 2. The molecule has 1 rings (SSSR count). The summed E-state index contributed by atoms with van der Waals surface area (Å²) < 4.78 is 6.64. The summed E-state index contributed by atoms with van der Waals surface area (Å²) >= 11 is 1.85. The van der Waals surface area contributed by atoms with Gasteiger partial charge in [-0.1, -0.05) is 6.92 Å². The van der Waals surface area contributed by atoms with Crippen LogP contribution in [0.25, 0.3) is 0 Å². The predicted molar refractivity (Wildman–Crippen MR) is 61.2 cm³/mol. The van der Waals surface area contributed by atoms with E-state index in [9.17, 15) is 4.79 Å². The first kappa shape index (κ1) is 12.1. The summed E-state index contributed by atoms with van der Waals surface area (Å²) in [6.45, 7) is 5.14. The maximum absolute atomic E-state index is 11.3. The Kier molecular flexibility index (Phi) is 5.25. The highest BCUT2D eigenvalue weighted by molar-refractivity contribution is 7.99. The molecule has 1 aromatic rings. The number of carbonyl (C=O) groups excluding carboxylic acids is 1. The second-order valence-corrected chi connectivity index (χ2v) is 4.30. The zero-order chi connectivity index (χ0) is 11.1. The molecule has 0 saturated heterocycles. The van der Waals surface area contributed by atoms with Gasteiger partial charge in [-0.2, -0.15) is 16.9 Å². The number of aryl methyl sites for hydroxylation is 1. The molecule has 0 unspecified atom stereocenters. The Morgan fingerprint density at radius 2 is 2.40 bits per heavy atom. The van der Waals surface area contributed by atoms with Crippen LogP contribution < -0.4 is 0 Å². The lowest BCUT2D eigenvalue weighted by Crippen LogP contribution is -2.04. The number of hydrogen-bond acceptors (Lipinski definition) is 4. The zero-order valence-corrected chi connectivity index (χ0v) is 9.92. The average Bonchev–Trinajstić information content (AvgIpc) is 2.67. The molecule has 0 aromatic carbocycles. The standard InChI is InChI=1S/C10H16N2O2S/c1-3-14-10(13)9-7-11-12(8-9)5-6-15-4-2/h7-8H,3-6H2,1-2H3. The molecule has 0 spiro atoms. The van der Waals surface area contributed by atoms with Gasteiger partial charge in [0.2, 0.25) is 0 Å². The van der Waals surface area contributed by atoms with Crippen molar-refractivity contribution in [3.05, 3.63) is 18.0 Å². The molecule has 0 aliphatic heterocycles. The largest absolute Gasteiger partial charge is 0.462 e.